The van der Waals surface area contributed by atoms with Gasteiger partial charge in [0.1, 0.15) is 72.5 Å². The molecule has 0 saturated heterocycles. The Kier molecular flexibility index (Phi) is 49.4. The molecular weight excluding hydrogens is 1550 g/mol. The maximum absolute atomic E-state index is 14.4. The topological polar surface area (TPSA) is 779 Å². The van der Waals surface area contributed by atoms with Crippen molar-refractivity contribution in [3.8, 4) is 0 Å². The Morgan fingerprint density at radius 3 is 1.09 bits per heavy atom. The minimum Gasteiger partial charge on any atom is -0.481 e. The van der Waals surface area contributed by atoms with Crippen LogP contribution in [0.2, 0.25) is 0 Å². The number of primary amides is 3. The Labute approximate surface area is 675 Å². The molecule has 31 N–H and O–H groups in total. The maximum Gasteiger partial charge on any atom is 0.326 e. The molecule has 116 heavy (non-hydrogen) atoms. The van der Waals surface area contributed by atoms with Crippen molar-refractivity contribution >= 4 is 137 Å². The molecule has 0 aliphatic heterocycles. The van der Waals surface area contributed by atoms with E-state index in [1.165, 1.54) is 0 Å². The van der Waals surface area contributed by atoms with Crippen molar-refractivity contribution in [1.29, 1.82) is 0 Å². The molecule has 0 rings (SSSR count). The van der Waals surface area contributed by atoms with Crippen LogP contribution in [0, 0.1) is 23.7 Å². The number of amides is 17. The van der Waals surface area contributed by atoms with Gasteiger partial charge in [-0.05, 0) is 94.8 Å². The number of rotatable bonds is 59. The summed E-state index contributed by atoms with van der Waals surface area (Å²) in [5.41, 5.74) is 32.9. The lowest BCUT2D eigenvalue weighted by Gasteiger charge is -2.29. The fourth-order valence-corrected chi connectivity index (χ4v) is 11.0. The number of carbonyl (C=O) groups is 20. The van der Waals surface area contributed by atoms with E-state index in [4.69, 9.17) is 34.4 Å². The Hall–Kier alpha value is -11.1. The predicted octanol–water partition coefficient (Wildman–Crippen LogP) is -9.48. The summed E-state index contributed by atoms with van der Waals surface area (Å²) >= 11 is 4.16. The highest BCUT2D eigenvalue weighted by Crippen LogP contribution is 2.15. The Morgan fingerprint density at radius 1 is 0.371 bits per heavy atom. The summed E-state index contributed by atoms with van der Waals surface area (Å²) in [4.78, 5) is 267. The summed E-state index contributed by atoms with van der Waals surface area (Å²) in [7, 11) is 0. The number of nitrogens with two attached hydrogens (primary N) is 6. The summed E-state index contributed by atoms with van der Waals surface area (Å²) in [5.74, 6) is -24.6. The largest absolute Gasteiger partial charge is 0.481 e. The molecule has 0 spiro atoms. The third-order valence-corrected chi connectivity index (χ3v) is 17.5. The molecule has 0 bridgehead atoms. The third kappa shape index (κ3) is 43.4. The molecule has 0 aliphatic rings. The van der Waals surface area contributed by atoms with Gasteiger partial charge in [-0.15, -0.1) is 0 Å². The van der Waals surface area contributed by atoms with Crippen LogP contribution in [0.1, 0.15) is 165 Å². The van der Waals surface area contributed by atoms with E-state index in [2.05, 4.69) is 92.1 Å². The Bertz CT molecular complexity index is 3440. The average Bonchev–Trinajstić information content (AvgIpc) is 0.849. The van der Waals surface area contributed by atoms with Crippen LogP contribution in [0.5, 0.6) is 0 Å². The van der Waals surface area contributed by atoms with Crippen LogP contribution >= 0.6 is 12.6 Å². The number of aliphatic hydroxyl groups is 2. The van der Waals surface area contributed by atoms with Gasteiger partial charge in [0.15, 0.2) is 5.96 Å². The fraction of sp³-hybridized carbons (Fsp3) is 0.696. The lowest BCUT2D eigenvalue weighted by atomic mass is 9.96. The molecular formula is C69H119N21O25S. The smallest absolute Gasteiger partial charge is 0.326 e. The molecule has 46 nitrogen and oxygen atoms in total. The summed E-state index contributed by atoms with van der Waals surface area (Å²) in [5, 5.41) is 81.7. The number of aliphatic carboxylic acids is 3. The molecule has 0 fully saturated rings. The first-order valence-corrected chi connectivity index (χ1v) is 38.1. The number of thiol groups is 1. The molecule has 0 unspecified atom stereocenters. The van der Waals surface area contributed by atoms with Gasteiger partial charge in [-0.3, -0.25) is 96.1 Å². The van der Waals surface area contributed by atoms with E-state index in [1.54, 1.807) is 55.4 Å². The molecule has 15 atom stereocenters. The van der Waals surface area contributed by atoms with Crippen LogP contribution in [-0.4, -0.2) is 266 Å². The number of carboxylic acid groups (broad SMARTS) is 3. The Balaban J connectivity index is 6.79. The first-order valence-electron chi connectivity index (χ1n) is 37.5. The normalized spacial score (nSPS) is 15.0. The van der Waals surface area contributed by atoms with Gasteiger partial charge in [-0.2, -0.15) is 12.6 Å². The second-order valence-corrected chi connectivity index (χ2v) is 29.2. The number of hydrogen-bond donors (Lipinski definition) is 26. The van der Waals surface area contributed by atoms with Crippen molar-refractivity contribution in [3.63, 3.8) is 0 Å². The lowest BCUT2D eigenvalue weighted by Crippen LogP contribution is -2.62. The molecule has 17 amide bonds. The number of aliphatic imine (C=N–C) groups is 1. The number of aliphatic hydroxyl groups excluding tert-OH is 2. The van der Waals surface area contributed by atoms with Crippen LogP contribution in [0.15, 0.2) is 4.99 Å². The highest BCUT2D eigenvalue weighted by atomic mass is 32.1. The monoisotopic (exact) mass is 1670 g/mol. The van der Waals surface area contributed by atoms with Gasteiger partial charge in [0.05, 0.1) is 31.8 Å². The van der Waals surface area contributed by atoms with Crippen molar-refractivity contribution in [3.05, 3.63) is 0 Å². The average molecular weight is 1670 g/mol. The predicted molar refractivity (Wildman–Crippen MR) is 414 cm³/mol. The standard InChI is InChI=1S/C69H119N21O25S/c1-10-34(8)54(66(112)87-43(25-32(4)5)58(104)78-27-50(96)79-39(13-18-47(71)93)60(106)86-44(26-33(6)7)63(109)85-42(68(114)115)15-20-49(73)95)89-61(107)40(14-19-48(72)94)84-59(105)37(12-11-23-76-69(74)75)82-65(111)46(30-116)80-51(97)28-77-57(103)38(16-21-52(98)99)83-64(110)45(29-91)88-67(113)55(35(9)92)90-62(108)41(17-22-53(100)101)81-56(102)36(70)24-31(2)3/h31-46,54-55,91-92,116H,10-30,70H2,1-9H3,(H2,71,93)(H2,72,94)(H2,73,95)(H,77,103)(H,78,104)(H,79,96)(H,80,97)(H,81,102)(H,82,111)(H,83,110)(H,84,105)(H,85,109)(H,86,106)(H,87,112)(H,88,113)(H,89,107)(H,90,108)(H,98,99)(H,100,101)(H,114,115)(H4,74,75,76)/t34-,35+,36-,37-,38-,39-,40-,41-,42-,43-,44-,45-,46-,54-,55-/m0/s1. The SMILES string of the molecule is CC[C@H](C)[C@H](NC(=O)[C@H](CCC(N)=O)NC(=O)[C@H](CCCN=C(N)N)NC(=O)[C@H](CS)NC(=O)CNC(=O)[C@H](CCC(=O)O)NC(=O)[C@H](CO)NC(=O)[C@@H](NC(=O)[C@H](CCC(=O)O)NC(=O)[C@@H](N)CC(C)C)[C@@H](C)O)C(=O)N[C@@H](CC(C)C)C(=O)NCC(=O)N[C@@H](CCC(N)=O)C(=O)N[C@@H](CC(C)C)C(=O)N[C@@H](CCC(N)=O)C(=O)O. The van der Waals surface area contributed by atoms with Gasteiger partial charge < -0.3 is 134 Å². The van der Waals surface area contributed by atoms with Crippen molar-refractivity contribution in [2.24, 2.45) is 63.1 Å². The highest BCUT2D eigenvalue weighted by molar-refractivity contribution is 7.80. The van der Waals surface area contributed by atoms with E-state index in [1.807, 2.05) is 0 Å². The zero-order valence-corrected chi connectivity index (χ0v) is 67.4. The minimum absolute atomic E-state index is 0.0531. The number of guanidine groups is 1. The molecule has 0 aromatic rings. The number of carboxylic acids is 3. The quantitative estimate of drug-likeness (QED) is 0.0116. The van der Waals surface area contributed by atoms with E-state index in [0.29, 0.717) is 0 Å². The van der Waals surface area contributed by atoms with Gasteiger partial charge in [0.2, 0.25) is 100 Å². The lowest BCUT2D eigenvalue weighted by molar-refractivity contribution is -0.143. The van der Waals surface area contributed by atoms with E-state index in [9.17, 15) is 121 Å². The summed E-state index contributed by atoms with van der Waals surface area (Å²) in [6, 6.07) is -21.1. The molecule has 0 heterocycles. The van der Waals surface area contributed by atoms with Gasteiger partial charge in [0.25, 0.3) is 0 Å². The summed E-state index contributed by atoms with van der Waals surface area (Å²) in [6.45, 7) is 11.3. The van der Waals surface area contributed by atoms with Gasteiger partial charge in [-0.1, -0.05) is 61.8 Å². The molecule has 47 heteroatoms. The molecule has 656 valence electrons. The highest BCUT2D eigenvalue weighted by Gasteiger charge is 2.39. The summed E-state index contributed by atoms with van der Waals surface area (Å²) in [6.07, 6.45) is -7.30. The minimum atomic E-state index is -2.00. The van der Waals surface area contributed by atoms with Crippen LogP contribution in [0.3, 0.4) is 0 Å². The van der Waals surface area contributed by atoms with Crippen molar-refractivity contribution in [1.82, 2.24) is 74.4 Å². The second-order valence-electron chi connectivity index (χ2n) is 28.8. The van der Waals surface area contributed by atoms with E-state index in [-0.39, 0.29) is 75.2 Å². The van der Waals surface area contributed by atoms with Gasteiger partial charge in [-0.25, -0.2) is 4.79 Å². The zero-order chi connectivity index (χ0) is 89.0. The van der Waals surface area contributed by atoms with Gasteiger partial charge in [0, 0.05) is 44.4 Å². The van der Waals surface area contributed by atoms with Crippen LogP contribution in [0.4, 0.5) is 0 Å². The van der Waals surface area contributed by atoms with Crippen molar-refractivity contribution in [2.45, 2.75) is 250 Å². The van der Waals surface area contributed by atoms with Crippen molar-refractivity contribution < 1.29 is 121 Å². The second kappa shape index (κ2) is 54.6. The van der Waals surface area contributed by atoms with Crippen LogP contribution < -0.4 is 109 Å². The van der Waals surface area contributed by atoms with E-state index in [0.717, 1.165) is 6.92 Å². The molecule has 0 saturated carbocycles. The molecule has 0 radical (unpaired) electrons. The third-order valence-electron chi connectivity index (χ3n) is 17.2. The van der Waals surface area contributed by atoms with Crippen LogP contribution in [-0.2, 0) is 95.9 Å². The maximum atomic E-state index is 14.4. The first-order chi connectivity index (χ1) is 54.1. The molecule has 0 aliphatic carbocycles. The zero-order valence-electron chi connectivity index (χ0n) is 66.5. The Morgan fingerprint density at radius 2 is 0.690 bits per heavy atom. The first kappa shape index (κ1) is 105. The van der Waals surface area contributed by atoms with E-state index >= 15 is 0 Å². The molecule has 0 aromatic heterocycles. The number of nitrogens with zero attached hydrogens (tertiary/aromatic N) is 1. The van der Waals surface area contributed by atoms with Crippen molar-refractivity contribution in [2.75, 3.05) is 32.0 Å². The number of carbonyl (C=O) groups excluding carboxylic acids is 17. The van der Waals surface area contributed by atoms with Crippen LogP contribution in [0.25, 0.3) is 0 Å². The number of hydrogen-bond acceptors (Lipinski definition) is 25. The van der Waals surface area contributed by atoms with E-state index < -0.39 is 292 Å². The summed E-state index contributed by atoms with van der Waals surface area (Å²) < 4.78 is 0. The van der Waals surface area contributed by atoms with Gasteiger partial charge >= 0.3 is 17.9 Å². The number of nitrogens with one attached hydrogen (secondary N) is 14. The molecule has 0 aromatic carbocycles. The fourth-order valence-electron chi connectivity index (χ4n) is 10.8.